The van der Waals surface area contributed by atoms with Crippen LogP contribution in [-0.2, 0) is 12.6 Å². The van der Waals surface area contributed by atoms with Gasteiger partial charge in [-0.25, -0.2) is 0 Å². The van der Waals surface area contributed by atoms with E-state index in [0.29, 0.717) is 11.8 Å². The molecule has 1 saturated carbocycles. The molecule has 1 fully saturated rings. The lowest BCUT2D eigenvalue weighted by molar-refractivity contribution is -0.0993. The lowest BCUT2D eigenvalue weighted by atomic mass is 9.65. The van der Waals surface area contributed by atoms with E-state index in [1.807, 2.05) is 7.05 Å². The average Bonchev–Trinajstić information content (AvgIpc) is 2.41. The summed E-state index contributed by atoms with van der Waals surface area (Å²) in [5.74, 6) is 1.29. The fourth-order valence-electron chi connectivity index (χ4n) is 2.41. The second-order valence-corrected chi connectivity index (χ2v) is 5.76. The first-order valence-electron chi connectivity index (χ1n) is 5.34. The third kappa shape index (κ3) is 1.74. The molecule has 0 radical (unpaired) electrons. The van der Waals surface area contributed by atoms with Gasteiger partial charge in [-0.2, -0.15) is 5.10 Å². The van der Waals surface area contributed by atoms with Crippen LogP contribution in [0.15, 0.2) is 10.7 Å². The predicted molar refractivity (Wildman–Crippen MR) is 62.4 cm³/mol. The molecular formula is C11H17BrN2O. The molecule has 3 nitrogen and oxygen atoms in total. The van der Waals surface area contributed by atoms with Crippen LogP contribution in [0.3, 0.4) is 0 Å². The molecule has 0 saturated heterocycles. The average molecular weight is 273 g/mol. The van der Waals surface area contributed by atoms with Crippen LogP contribution < -0.4 is 0 Å². The molecule has 4 heteroatoms. The summed E-state index contributed by atoms with van der Waals surface area (Å²) in [6.07, 6.45) is 3.45. The summed E-state index contributed by atoms with van der Waals surface area (Å²) in [5, 5.41) is 14.6. The highest BCUT2D eigenvalue weighted by Gasteiger charge is 2.47. The molecule has 0 amide bonds. The smallest absolute Gasteiger partial charge is 0.108 e. The van der Waals surface area contributed by atoms with Crippen molar-refractivity contribution in [1.82, 2.24) is 9.78 Å². The highest BCUT2D eigenvalue weighted by Crippen LogP contribution is 2.50. The highest BCUT2D eigenvalue weighted by molar-refractivity contribution is 9.10. The number of halogens is 1. The molecule has 2 rings (SSSR count). The van der Waals surface area contributed by atoms with Gasteiger partial charge in [-0.1, -0.05) is 13.8 Å². The zero-order valence-corrected chi connectivity index (χ0v) is 11.0. The SMILES string of the molecule is CC(C)C1CC(O)(c2c(Br)cnn2C)C1. The number of aliphatic hydroxyl groups is 1. The van der Waals surface area contributed by atoms with Crippen molar-refractivity contribution in [3.05, 3.63) is 16.4 Å². The first-order valence-corrected chi connectivity index (χ1v) is 6.13. The van der Waals surface area contributed by atoms with Crippen molar-refractivity contribution < 1.29 is 5.11 Å². The van der Waals surface area contributed by atoms with Crippen LogP contribution in [0.25, 0.3) is 0 Å². The quantitative estimate of drug-likeness (QED) is 0.898. The molecule has 1 aromatic heterocycles. The summed E-state index contributed by atoms with van der Waals surface area (Å²) in [7, 11) is 1.88. The monoisotopic (exact) mass is 272 g/mol. The fraction of sp³-hybridized carbons (Fsp3) is 0.727. The Labute approximate surface area is 98.6 Å². The van der Waals surface area contributed by atoms with Crippen LogP contribution in [-0.4, -0.2) is 14.9 Å². The molecule has 1 aromatic rings. The van der Waals surface area contributed by atoms with E-state index in [-0.39, 0.29) is 0 Å². The summed E-state index contributed by atoms with van der Waals surface area (Å²) < 4.78 is 2.68. The predicted octanol–water partition coefficient (Wildman–Crippen LogP) is 2.44. The van der Waals surface area contributed by atoms with Crippen molar-refractivity contribution in [3.8, 4) is 0 Å². The van der Waals surface area contributed by atoms with E-state index in [1.54, 1.807) is 10.9 Å². The van der Waals surface area contributed by atoms with Crippen LogP contribution in [0.1, 0.15) is 32.4 Å². The molecule has 0 aliphatic heterocycles. The number of hydrogen-bond acceptors (Lipinski definition) is 2. The summed E-state index contributed by atoms with van der Waals surface area (Å²) in [5.41, 5.74) is 0.248. The van der Waals surface area contributed by atoms with E-state index in [4.69, 9.17) is 0 Å². The highest BCUT2D eigenvalue weighted by atomic mass is 79.9. The molecule has 0 spiro atoms. The molecule has 84 valence electrons. The van der Waals surface area contributed by atoms with E-state index < -0.39 is 5.60 Å². The Morgan fingerprint density at radius 1 is 1.60 bits per heavy atom. The Kier molecular flexibility index (Phi) is 2.67. The first-order chi connectivity index (χ1) is 6.94. The first kappa shape index (κ1) is 11.1. The van der Waals surface area contributed by atoms with Crippen molar-refractivity contribution in [1.29, 1.82) is 0 Å². The standard InChI is InChI=1S/C11H17BrN2O/c1-7(2)8-4-11(15,5-8)10-9(12)6-13-14(10)3/h6-8,15H,4-5H2,1-3H3. The molecule has 0 aromatic carbocycles. The van der Waals surface area contributed by atoms with Gasteiger partial charge in [0, 0.05) is 7.05 Å². The number of aromatic nitrogens is 2. The maximum Gasteiger partial charge on any atom is 0.108 e. The van der Waals surface area contributed by atoms with Gasteiger partial charge < -0.3 is 5.11 Å². The minimum atomic E-state index is -0.668. The Morgan fingerprint density at radius 2 is 2.20 bits per heavy atom. The van der Waals surface area contributed by atoms with E-state index in [2.05, 4.69) is 34.9 Å². The van der Waals surface area contributed by atoms with Gasteiger partial charge >= 0.3 is 0 Å². The van der Waals surface area contributed by atoms with Crippen LogP contribution in [0, 0.1) is 11.8 Å². The fourth-order valence-corrected chi connectivity index (χ4v) is 3.12. The van der Waals surface area contributed by atoms with Gasteiger partial charge in [-0.05, 0) is 40.6 Å². The van der Waals surface area contributed by atoms with Crippen molar-refractivity contribution in [2.24, 2.45) is 18.9 Å². The minimum Gasteiger partial charge on any atom is -0.384 e. The number of hydrogen-bond donors (Lipinski definition) is 1. The van der Waals surface area contributed by atoms with Gasteiger partial charge in [0.25, 0.3) is 0 Å². The molecule has 0 unspecified atom stereocenters. The molecule has 0 atom stereocenters. The van der Waals surface area contributed by atoms with Gasteiger partial charge in [-0.3, -0.25) is 4.68 Å². The molecule has 15 heavy (non-hydrogen) atoms. The Morgan fingerprint density at radius 3 is 2.60 bits per heavy atom. The van der Waals surface area contributed by atoms with Crippen LogP contribution in [0.4, 0.5) is 0 Å². The van der Waals surface area contributed by atoms with Crippen molar-refractivity contribution in [2.45, 2.75) is 32.3 Å². The van der Waals surface area contributed by atoms with Gasteiger partial charge in [-0.15, -0.1) is 0 Å². The van der Waals surface area contributed by atoms with E-state index >= 15 is 0 Å². The third-order valence-corrected chi connectivity index (χ3v) is 4.06. The normalized spacial score (nSPS) is 30.7. The van der Waals surface area contributed by atoms with Crippen molar-refractivity contribution in [3.63, 3.8) is 0 Å². The second-order valence-electron chi connectivity index (χ2n) is 4.91. The summed E-state index contributed by atoms with van der Waals surface area (Å²) in [4.78, 5) is 0. The van der Waals surface area contributed by atoms with Crippen molar-refractivity contribution in [2.75, 3.05) is 0 Å². The van der Waals surface area contributed by atoms with Crippen molar-refractivity contribution >= 4 is 15.9 Å². The zero-order valence-electron chi connectivity index (χ0n) is 9.37. The van der Waals surface area contributed by atoms with E-state index in [0.717, 1.165) is 23.0 Å². The zero-order chi connectivity index (χ0) is 11.2. The molecule has 1 N–H and O–H groups in total. The Hall–Kier alpha value is -0.350. The molecule has 1 heterocycles. The van der Waals surface area contributed by atoms with Gasteiger partial charge in [0.1, 0.15) is 5.60 Å². The van der Waals surface area contributed by atoms with Gasteiger partial charge in [0.15, 0.2) is 0 Å². The number of rotatable bonds is 2. The molecule has 1 aliphatic rings. The molecule has 1 aliphatic carbocycles. The number of nitrogens with zero attached hydrogens (tertiary/aromatic N) is 2. The van der Waals surface area contributed by atoms with Crippen LogP contribution in [0.5, 0.6) is 0 Å². The van der Waals surface area contributed by atoms with Crippen LogP contribution >= 0.6 is 15.9 Å². The summed E-state index contributed by atoms with van der Waals surface area (Å²) >= 11 is 3.44. The largest absolute Gasteiger partial charge is 0.384 e. The summed E-state index contributed by atoms with van der Waals surface area (Å²) in [6, 6.07) is 0. The van der Waals surface area contributed by atoms with Gasteiger partial charge in [0.2, 0.25) is 0 Å². The van der Waals surface area contributed by atoms with Crippen LogP contribution in [0.2, 0.25) is 0 Å². The third-order valence-electron chi connectivity index (χ3n) is 3.48. The molecular weight excluding hydrogens is 256 g/mol. The Balaban J connectivity index is 2.20. The maximum atomic E-state index is 10.5. The second kappa shape index (κ2) is 3.59. The maximum absolute atomic E-state index is 10.5. The topological polar surface area (TPSA) is 38.1 Å². The Bertz CT molecular complexity index is 347. The number of aryl methyl sites for hydroxylation is 1. The van der Waals surface area contributed by atoms with E-state index in [1.165, 1.54) is 0 Å². The minimum absolute atomic E-state index is 0.636. The molecule has 0 bridgehead atoms. The summed E-state index contributed by atoms with van der Waals surface area (Å²) in [6.45, 7) is 4.42. The van der Waals surface area contributed by atoms with E-state index in [9.17, 15) is 5.11 Å². The van der Waals surface area contributed by atoms with Gasteiger partial charge in [0.05, 0.1) is 16.4 Å². The lowest BCUT2D eigenvalue weighted by Gasteiger charge is -2.45. The lowest BCUT2D eigenvalue weighted by Crippen LogP contribution is -2.44.